The average molecular weight is 303 g/mol. The summed E-state index contributed by atoms with van der Waals surface area (Å²) in [5.41, 5.74) is 0.842. The number of hydrogen-bond donors (Lipinski definition) is 0. The van der Waals surface area contributed by atoms with Crippen LogP contribution in [0.5, 0.6) is 5.75 Å². The smallest absolute Gasteiger partial charge is 0.237 e. The van der Waals surface area contributed by atoms with E-state index in [9.17, 15) is 0 Å². The van der Waals surface area contributed by atoms with Crippen LogP contribution < -0.4 is 9.64 Å². The molecule has 0 N–H and O–H groups in total. The summed E-state index contributed by atoms with van der Waals surface area (Å²) in [7, 11) is 5.54. The van der Waals surface area contributed by atoms with Gasteiger partial charge in [0.25, 0.3) is 0 Å². The molecular formula is C15H15ClN4O. The summed E-state index contributed by atoms with van der Waals surface area (Å²) in [4.78, 5) is 11.1. The van der Waals surface area contributed by atoms with Crippen LogP contribution >= 0.6 is 11.6 Å². The maximum atomic E-state index is 6.15. The first-order chi connectivity index (χ1) is 10.1. The lowest BCUT2D eigenvalue weighted by atomic mass is 10.2. The van der Waals surface area contributed by atoms with Crippen LogP contribution in [0.2, 0.25) is 5.15 Å². The maximum absolute atomic E-state index is 6.15. The highest BCUT2D eigenvalue weighted by molar-refractivity contribution is 6.29. The van der Waals surface area contributed by atoms with Gasteiger partial charge in [-0.15, -0.1) is 0 Å². The number of ether oxygens (including phenoxy) is 1. The van der Waals surface area contributed by atoms with Gasteiger partial charge in [0.15, 0.2) is 0 Å². The largest absolute Gasteiger partial charge is 0.497 e. The highest BCUT2D eigenvalue weighted by Crippen LogP contribution is 2.28. The van der Waals surface area contributed by atoms with Crippen LogP contribution in [0, 0.1) is 0 Å². The molecule has 6 heteroatoms. The second kappa shape index (κ2) is 5.26. The Balaban J connectivity index is 2.28. The number of nitrogens with zero attached hydrogens (tertiary/aromatic N) is 4. The minimum atomic E-state index is 0.548. The Hall–Kier alpha value is -2.27. The number of hydrogen-bond acceptors (Lipinski definition) is 4. The van der Waals surface area contributed by atoms with Gasteiger partial charge in [-0.2, -0.15) is 4.98 Å². The van der Waals surface area contributed by atoms with E-state index in [0.29, 0.717) is 11.1 Å². The Morgan fingerprint density at radius 3 is 2.62 bits per heavy atom. The molecule has 0 fully saturated rings. The van der Waals surface area contributed by atoms with Gasteiger partial charge >= 0.3 is 0 Å². The van der Waals surface area contributed by atoms with Gasteiger partial charge in [-0.05, 0) is 30.3 Å². The van der Waals surface area contributed by atoms with Crippen molar-refractivity contribution in [1.29, 1.82) is 0 Å². The first kappa shape index (κ1) is 13.7. The minimum Gasteiger partial charge on any atom is -0.497 e. The third-order valence-electron chi connectivity index (χ3n) is 3.21. The van der Waals surface area contributed by atoms with Crippen LogP contribution in [0.25, 0.3) is 16.9 Å². The monoisotopic (exact) mass is 302 g/mol. The Morgan fingerprint density at radius 1 is 1.19 bits per heavy atom. The average Bonchev–Trinajstić information content (AvgIpc) is 2.91. The van der Waals surface area contributed by atoms with Crippen molar-refractivity contribution in [2.45, 2.75) is 0 Å². The summed E-state index contributed by atoms with van der Waals surface area (Å²) in [6.45, 7) is 0. The van der Waals surface area contributed by atoms with Crippen LogP contribution in [0.15, 0.2) is 36.5 Å². The van der Waals surface area contributed by atoms with Gasteiger partial charge in [-0.25, -0.2) is 4.98 Å². The summed E-state index contributed by atoms with van der Waals surface area (Å²) < 4.78 is 7.03. The molecule has 0 saturated carbocycles. The number of rotatable bonds is 3. The van der Waals surface area contributed by atoms with Crippen molar-refractivity contribution in [3.05, 3.63) is 41.7 Å². The van der Waals surface area contributed by atoms with E-state index >= 15 is 0 Å². The van der Waals surface area contributed by atoms with Crippen molar-refractivity contribution in [1.82, 2.24) is 14.5 Å². The third-order valence-corrected chi connectivity index (χ3v) is 3.52. The number of methoxy groups -OCH3 is 1. The molecule has 21 heavy (non-hydrogen) atoms. The lowest BCUT2D eigenvalue weighted by Gasteiger charge is -2.16. The molecule has 0 radical (unpaired) electrons. The molecule has 0 aliphatic rings. The summed E-state index contributed by atoms with van der Waals surface area (Å²) in [6, 6.07) is 9.41. The van der Waals surface area contributed by atoms with Gasteiger partial charge in [-0.3, -0.25) is 4.57 Å². The summed E-state index contributed by atoms with van der Waals surface area (Å²) >= 11 is 6.15. The SMILES string of the molecule is COc1ccc2nc(-n3cccc3Cl)nc(N(C)C)c2c1. The molecular weight excluding hydrogens is 288 g/mol. The topological polar surface area (TPSA) is 43.2 Å². The van der Waals surface area contributed by atoms with Crippen molar-refractivity contribution in [2.24, 2.45) is 0 Å². The zero-order valence-corrected chi connectivity index (χ0v) is 12.8. The normalized spacial score (nSPS) is 10.9. The van der Waals surface area contributed by atoms with Gasteiger partial charge in [-0.1, -0.05) is 11.6 Å². The van der Waals surface area contributed by atoms with Gasteiger partial charge in [0.05, 0.1) is 12.6 Å². The lowest BCUT2D eigenvalue weighted by Crippen LogP contribution is -2.14. The van der Waals surface area contributed by atoms with Gasteiger partial charge in [0.2, 0.25) is 5.95 Å². The molecule has 0 atom stereocenters. The Morgan fingerprint density at radius 2 is 2.00 bits per heavy atom. The highest BCUT2D eigenvalue weighted by atomic mass is 35.5. The van der Waals surface area contributed by atoms with Crippen LogP contribution in [0.3, 0.4) is 0 Å². The fourth-order valence-corrected chi connectivity index (χ4v) is 2.38. The fourth-order valence-electron chi connectivity index (χ4n) is 2.18. The van der Waals surface area contributed by atoms with E-state index in [1.165, 1.54) is 0 Å². The van der Waals surface area contributed by atoms with E-state index in [2.05, 4.69) is 9.97 Å². The molecule has 5 nitrogen and oxygen atoms in total. The molecule has 0 saturated heterocycles. The first-order valence-corrected chi connectivity index (χ1v) is 6.84. The summed E-state index contributed by atoms with van der Waals surface area (Å²) in [6.07, 6.45) is 1.84. The number of anilines is 1. The summed E-state index contributed by atoms with van der Waals surface area (Å²) in [5, 5.41) is 1.51. The van der Waals surface area contributed by atoms with E-state index in [4.69, 9.17) is 16.3 Å². The number of halogens is 1. The van der Waals surface area contributed by atoms with Crippen LogP contribution in [-0.4, -0.2) is 35.7 Å². The highest BCUT2D eigenvalue weighted by Gasteiger charge is 2.12. The molecule has 1 aromatic carbocycles. The lowest BCUT2D eigenvalue weighted by molar-refractivity contribution is 0.415. The number of aromatic nitrogens is 3. The van der Waals surface area contributed by atoms with Gasteiger partial charge in [0, 0.05) is 25.7 Å². The van der Waals surface area contributed by atoms with Crippen molar-refractivity contribution >= 4 is 28.3 Å². The zero-order valence-electron chi connectivity index (χ0n) is 12.0. The van der Waals surface area contributed by atoms with Crippen molar-refractivity contribution in [3.8, 4) is 11.7 Å². The molecule has 0 unspecified atom stereocenters. The second-order valence-corrected chi connectivity index (χ2v) is 5.21. The fraction of sp³-hybridized carbons (Fsp3) is 0.200. The maximum Gasteiger partial charge on any atom is 0.237 e. The molecule has 108 valence electrons. The molecule has 2 aromatic heterocycles. The molecule has 3 rings (SSSR count). The van der Waals surface area contributed by atoms with E-state index < -0.39 is 0 Å². The predicted molar refractivity (Wildman–Crippen MR) is 84.8 cm³/mol. The van der Waals surface area contributed by atoms with Crippen molar-refractivity contribution in [2.75, 3.05) is 26.1 Å². The quantitative estimate of drug-likeness (QED) is 0.745. The standard InChI is InChI=1S/C15H15ClN4O/c1-19(2)14-11-9-10(21-3)6-7-12(11)17-15(18-14)20-8-4-5-13(20)16/h4-9H,1-3H3. The van der Waals surface area contributed by atoms with Crippen LogP contribution in [0.4, 0.5) is 5.82 Å². The van der Waals surface area contributed by atoms with E-state index in [1.807, 2.05) is 49.5 Å². The number of benzene rings is 1. The van der Waals surface area contributed by atoms with Crippen molar-refractivity contribution in [3.63, 3.8) is 0 Å². The Kier molecular flexibility index (Phi) is 3.43. The van der Waals surface area contributed by atoms with Crippen LogP contribution in [0.1, 0.15) is 0 Å². The van der Waals surface area contributed by atoms with Gasteiger partial charge in [0.1, 0.15) is 16.7 Å². The van der Waals surface area contributed by atoms with Crippen LogP contribution in [-0.2, 0) is 0 Å². The molecule has 3 aromatic rings. The second-order valence-electron chi connectivity index (χ2n) is 4.83. The molecule has 0 spiro atoms. The number of fused-ring (bicyclic) bond motifs is 1. The van der Waals surface area contributed by atoms with E-state index in [1.54, 1.807) is 17.7 Å². The van der Waals surface area contributed by atoms with Crippen molar-refractivity contribution < 1.29 is 4.74 Å². The molecule has 0 aliphatic heterocycles. The van der Waals surface area contributed by atoms with E-state index in [-0.39, 0.29) is 0 Å². The third kappa shape index (κ3) is 2.40. The Labute approximate surface area is 127 Å². The van der Waals surface area contributed by atoms with Gasteiger partial charge < -0.3 is 9.64 Å². The molecule has 0 amide bonds. The molecule has 0 bridgehead atoms. The summed E-state index contributed by atoms with van der Waals surface area (Å²) in [5.74, 6) is 2.14. The zero-order chi connectivity index (χ0) is 15.0. The predicted octanol–water partition coefficient (Wildman–Crippen LogP) is 3.15. The first-order valence-electron chi connectivity index (χ1n) is 6.46. The Bertz CT molecular complexity index is 797. The molecule has 0 aliphatic carbocycles. The van der Waals surface area contributed by atoms with E-state index in [0.717, 1.165) is 22.5 Å². The molecule has 2 heterocycles. The minimum absolute atomic E-state index is 0.548.